The molecule has 4 nitrogen and oxygen atoms in total. The molecule has 0 aliphatic carbocycles. The summed E-state index contributed by atoms with van der Waals surface area (Å²) in [6, 6.07) is 4.15. The van der Waals surface area contributed by atoms with E-state index in [0.29, 0.717) is 16.8 Å². The standard InChI is InChI=1S/C19H28BrFN2O2/c1-14-6-5-11-23(13-14)10-4-3-9-22-19(24)15(2)25-18-8-7-16(21)12-17(18)20/h7-8,12,14-15H,3-6,9-11,13H2,1-2H3,(H,22,24)/t14-,15-/m1/s1. The zero-order valence-electron chi connectivity index (χ0n) is 15.1. The second-order valence-corrected chi connectivity index (χ2v) is 7.74. The van der Waals surface area contributed by atoms with Crippen LogP contribution in [-0.2, 0) is 4.79 Å². The Kier molecular flexibility index (Phi) is 8.16. The number of nitrogens with one attached hydrogen (secondary N) is 1. The summed E-state index contributed by atoms with van der Waals surface area (Å²) in [5.41, 5.74) is 0. The Morgan fingerprint density at radius 1 is 1.48 bits per heavy atom. The summed E-state index contributed by atoms with van der Waals surface area (Å²) in [7, 11) is 0. The number of rotatable bonds is 8. The summed E-state index contributed by atoms with van der Waals surface area (Å²) in [6.45, 7) is 8.17. The maximum Gasteiger partial charge on any atom is 0.260 e. The van der Waals surface area contributed by atoms with E-state index in [4.69, 9.17) is 4.74 Å². The van der Waals surface area contributed by atoms with Crippen LogP contribution in [0.4, 0.5) is 4.39 Å². The van der Waals surface area contributed by atoms with E-state index in [0.717, 1.165) is 25.3 Å². The number of ether oxygens (including phenoxy) is 1. The van der Waals surface area contributed by atoms with Gasteiger partial charge in [0, 0.05) is 13.1 Å². The van der Waals surface area contributed by atoms with Gasteiger partial charge in [-0.25, -0.2) is 4.39 Å². The molecule has 140 valence electrons. The van der Waals surface area contributed by atoms with Crippen LogP contribution in [0.15, 0.2) is 22.7 Å². The largest absolute Gasteiger partial charge is 0.480 e. The molecular formula is C19H28BrFN2O2. The lowest BCUT2D eigenvalue weighted by molar-refractivity contribution is -0.127. The summed E-state index contributed by atoms with van der Waals surface area (Å²) in [4.78, 5) is 14.6. The van der Waals surface area contributed by atoms with Crippen molar-refractivity contribution in [2.45, 2.75) is 45.6 Å². The monoisotopic (exact) mass is 414 g/mol. The molecule has 0 bridgehead atoms. The molecule has 1 heterocycles. The van der Waals surface area contributed by atoms with Crippen LogP contribution in [0, 0.1) is 11.7 Å². The van der Waals surface area contributed by atoms with Gasteiger partial charge in [-0.3, -0.25) is 4.79 Å². The van der Waals surface area contributed by atoms with Gasteiger partial charge >= 0.3 is 0 Å². The molecule has 6 heteroatoms. The van der Waals surface area contributed by atoms with E-state index in [1.54, 1.807) is 6.92 Å². The van der Waals surface area contributed by atoms with Crippen LogP contribution in [0.5, 0.6) is 5.75 Å². The van der Waals surface area contributed by atoms with Crippen LogP contribution >= 0.6 is 15.9 Å². The van der Waals surface area contributed by atoms with Crippen LogP contribution in [0.25, 0.3) is 0 Å². The molecule has 0 aromatic heterocycles. The van der Waals surface area contributed by atoms with Crippen LogP contribution in [0.3, 0.4) is 0 Å². The maximum atomic E-state index is 13.1. The van der Waals surface area contributed by atoms with Gasteiger partial charge in [0.25, 0.3) is 5.91 Å². The van der Waals surface area contributed by atoms with Crippen LogP contribution < -0.4 is 10.1 Å². The first-order valence-corrected chi connectivity index (χ1v) is 9.87. The van der Waals surface area contributed by atoms with Gasteiger partial charge in [-0.15, -0.1) is 0 Å². The molecule has 1 aliphatic heterocycles. The average Bonchev–Trinajstić information content (AvgIpc) is 2.57. The molecule has 0 saturated carbocycles. The summed E-state index contributed by atoms with van der Waals surface area (Å²) in [5.74, 6) is 0.766. The minimum absolute atomic E-state index is 0.150. The number of benzene rings is 1. The number of likely N-dealkylation sites (tertiary alicyclic amines) is 1. The van der Waals surface area contributed by atoms with E-state index in [1.807, 2.05) is 0 Å². The van der Waals surface area contributed by atoms with Crippen molar-refractivity contribution >= 4 is 21.8 Å². The second-order valence-electron chi connectivity index (χ2n) is 6.88. The molecule has 1 saturated heterocycles. The van der Waals surface area contributed by atoms with Crippen molar-refractivity contribution < 1.29 is 13.9 Å². The third-order valence-electron chi connectivity index (χ3n) is 4.51. The highest BCUT2D eigenvalue weighted by atomic mass is 79.9. The molecule has 25 heavy (non-hydrogen) atoms. The summed E-state index contributed by atoms with van der Waals surface area (Å²) in [5, 5.41) is 2.91. The highest BCUT2D eigenvalue weighted by molar-refractivity contribution is 9.10. The minimum Gasteiger partial charge on any atom is -0.480 e. The van der Waals surface area contributed by atoms with Crippen LogP contribution in [0.1, 0.15) is 39.5 Å². The number of unbranched alkanes of at least 4 members (excludes halogenated alkanes) is 1. The molecule has 2 atom stereocenters. The third-order valence-corrected chi connectivity index (χ3v) is 5.13. The number of hydrogen-bond donors (Lipinski definition) is 1. The zero-order valence-corrected chi connectivity index (χ0v) is 16.6. The van der Waals surface area contributed by atoms with Gasteiger partial charge in [0.2, 0.25) is 0 Å². The fourth-order valence-corrected chi connectivity index (χ4v) is 3.56. The third kappa shape index (κ3) is 6.94. The van der Waals surface area contributed by atoms with E-state index < -0.39 is 6.10 Å². The van der Waals surface area contributed by atoms with Crippen LogP contribution in [0.2, 0.25) is 0 Å². The van der Waals surface area contributed by atoms with E-state index in [-0.39, 0.29) is 11.7 Å². The predicted molar refractivity (Wildman–Crippen MR) is 101 cm³/mol. The summed E-state index contributed by atoms with van der Waals surface area (Å²) in [6.07, 6.45) is 4.07. The quantitative estimate of drug-likeness (QED) is 0.653. The lowest BCUT2D eigenvalue weighted by Gasteiger charge is -2.30. The van der Waals surface area contributed by atoms with Crippen molar-refractivity contribution in [3.05, 3.63) is 28.5 Å². The number of hydrogen-bond acceptors (Lipinski definition) is 3. The Morgan fingerprint density at radius 2 is 2.28 bits per heavy atom. The van der Waals surface area contributed by atoms with Crippen molar-refractivity contribution in [1.82, 2.24) is 10.2 Å². The average molecular weight is 415 g/mol. The smallest absolute Gasteiger partial charge is 0.260 e. The molecule has 1 amide bonds. The van der Waals surface area contributed by atoms with Crippen molar-refractivity contribution in [3.8, 4) is 5.75 Å². The molecule has 1 N–H and O–H groups in total. The number of carbonyl (C=O) groups excluding carboxylic acids is 1. The lowest BCUT2D eigenvalue weighted by Crippen LogP contribution is -2.37. The van der Waals surface area contributed by atoms with E-state index in [1.165, 1.54) is 44.1 Å². The minimum atomic E-state index is -0.621. The Hall–Kier alpha value is -1.14. The molecule has 1 fully saturated rings. The number of piperidine rings is 1. The van der Waals surface area contributed by atoms with E-state index in [2.05, 4.69) is 33.1 Å². The highest BCUT2D eigenvalue weighted by Gasteiger charge is 2.17. The molecule has 0 unspecified atom stereocenters. The first-order chi connectivity index (χ1) is 12.0. The van der Waals surface area contributed by atoms with Crippen LogP contribution in [-0.4, -0.2) is 43.1 Å². The topological polar surface area (TPSA) is 41.6 Å². The van der Waals surface area contributed by atoms with Gasteiger partial charge in [-0.1, -0.05) is 6.92 Å². The van der Waals surface area contributed by atoms with E-state index in [9.17, 15) is 9.18 Å². The molecule has 0 spiro atoms. The van der Waals surface area contributed by atoms with Gasteiger partial charge in [0.1, 0.15) is 11.6 Å². The summed E-state index contributed by atoms with van der Waals surface area (Å²) >= 11 is 3.24. The van der Waals surface area contributed by atoms with Gasteiger partial charge in [0.05, 0.1) is 4.47 Å². The molecule has 0 radical (unpaired) electrons. The van der Waals surface area contributed by atoms with E-state index >= 15 is 0 Å². The Morgan fingerprint density at radius 3 is 3.00 bits per heavy atom. The second kappa shape index (κ2) is 10.1. The van der Waals surface area contributed by atoms with Crippen molar-refractivity contribution in [2.24, 2.45) is 5.92 Å². The molecule has 1 aliphatic rings. The predicted octanol–water partition coefficient (Wildman–Crippen LogP) is 3.98. The first-order valence-electron chi connectivity index (χ1n) is 9.07. The van der Waals surface area contributed by atoms with Gasteiger partial charge < -0.3 is 15.0 Å². The number of carbonyl (C=O) groups is 1. The zero-order chi connectivity index (χ0) is 18.2. The van der Waals surface area contributed by atoms with Gasteiger partial charge in [-0.05, 0) is 85.7 Å². The highest BCUT2D eigenvalue weighted by Crippen LogP contribution is 2.26. The Bertz CT molecular complexity index is 570. The Balaban J connectivity index is 1.62. The normalized spacial score (nSPS) is 19.4. The lowest BCUT2D eigenvalue weighted by atomic mass is 10.0. The summed E-state index contributed by atoms with van der Waals surface area (Å²) < 4.78 is 19.2. The molecule has 1 aromatic carbocycles. The molecular weight excluding hydrogens is 387 g/mol. The molecule has 2 rings (SSSR count). The van der Waals surface area contributed by atoms with Crippen molar-refractivity contribution in [3.63, 3.8) is 0 Å². The fourth-order valence-electron chi connectivity index (χ4n) is 3.12. The number of halogens is 2. The van der Waals surface area contributed by atoms with Gasteiger partial charge in [-0.2, -0.15) is 0 Å². The number of nitrogens with zero attached hydrogens (tertiary/aromatic N) is 1. The maximum absolute atomic E-state index is 13.1. The molecule has 1 aromatic rings. The fraction of sp³-hybridized carbons (Fsp3) is 0.632. The SMILES string of the molecule is C[C@@H]1CCCN(CCCCNC(=O)[C@@H](C)Oc2ccc(F)cc2Br)C1. The van der Waals surface area contributed by atoms with Crippen molar-refractivity contribution in [2.75, 3.05) is 26.2 Å². The van der Waals surface area contributed by atoms with Crippen molar-refractivity contribution in [1.29, 1.82) is 0 Å². The Labute approximate surface area is 158 Å². The first kappa shape index (κ1) is 20.2. The van der Waals surface area contributed by atoms with Gasteiger partial charge in [0.15, 0.2) is 6.10 Å². The number of amides is 1.